The second-order valence-corrected chi connectivity index (χ2v) is 7.49. The van der Waals surface area contributed by atoms with Crippen molar-refractivity contribution in [3.8, 4) is 0 Å². The highest BCUT2D eigenvalue weighted by Crippen LogP contribution is 2.28. The lowest BCUT2D eigenvalue weighted by atomic mass is 9.93. The summed E-state index contributed by atoms with van der Waals surface area (Å²) in [5.74, 6) is 0. The summed E-state index contributed by atoms with van der Waals surface area (Å²) in [6, 6.07) is 0.907. The van der Waals surface area contributed by atoms with Crippen LogP contribution in [0.2, 0.25) is 0 Å². The Kier molecular flexibility index (Phi) is 4.46. The van der Waals surface area contributed by atoms with E-state index in [0.717, 1.165) is 13.1 Å². The van der Waals surface area contributed by atoms with Gasteiger partial charge in [0.2, 0.25) is 6.54 Å². The van der Waals surface area contributed by atoms with Crippen LogP contribution >= 0.6 is 0 Å². The third-order valence-electron chi connectivity index (χ3n) is 3.87. The Morgan fingerprint density at radius 1 is 1.00 bits per heavy atom. The smallest absolute Gasteiger partial charge is 0.231 e. The molecule has 0 bridgehead atoms. The molecule has 0 amide bonds. The molecule has 0 saturated carbocycles. The molecule has 3 nitrogen and oxygen atoms in total. The molecule has 0 N–H and O–H groups in total. The Balaban J connectivity index is 2.92. The zero-order chi connectivity index (χ0) is 14.1. The third-order valence-corrected chi connectivity index (χ3v) is 3.87. The minimum atomic E-state index is 0.146. The zero-order valence-corrected chi connectivity index (χ0v) is 13.1. The van der Waals surface area contributed by atoms with Gasteiger partial charge in [0.05, 0.1) is 6.04 Å². The molecule has 1 rings (SSSR count). The molecule has 0 aromatic heterocycles. The summed E-state index contributed by atoms with van der Waals surface area (Å²) in [4.78, 5) is 8.70. The highest BCUT2D eigenvalue weighted by Gasteiger charge is 2.41. The van der Waals surface area contributed by atoms with Crippen molar-refractivity contribution >= 4 is 0 Å². The molecule has 2 atom stereocenters. The summed E-state index contributed by atoms with van der Waals surface area (Å²) in [6.45, 7) is 25.7. The Bertz CT molecular complexity index is 316. The maximum Gasteiger partial charge on any atom is 0.231 e. The highest BCUT2D eigenvalue weighted by molar-refractivity contribution is 4.98. The first-order valence-corrected chi connectivity index (χ1v) is 6.94. The summed E-state index contributed by atoms with van der Waals surface area (Å²) < 4.78 is 0. The Morgan fingerprint density at radius 3 is 1.89 bits per heavy atom. The van der Waals surface area contributed by atoms with Gasteiger partial charge in [-0.2, -0.15) is 0 Å². The molecule has 0 aromatic carbocycles. The fourth-order valence-corrected chi connectivity index (χ4v) is 3.06. The predicted molar refractivity (Wildman–Crippen MR) is 77.6 cm³/mol. The third kappa shape index (κ3) is 3.46. The maximum absolute atomic E-state index is 7.19. The van der Waals surface area contributed by atoms with Gasteiger partial charge < -0.3 is 4.85 Å². The van der Waals surface area contributed by atoms with Crippen LogP contribution in [0.5, 0.6) is 0 Å². The van der Waals surface area contributed by atoms with E-state index >= 15 is 0 Å². The molecular formula is C15H29N3. The number of nitrogens with zero attached hydrogens (tertiary/aromatic N) is 3. The standard InChI is InChI=1S/C15H29N3/c1-12-10-18(15(5,6)7)13(9-16-8)11-17(12)14(2,3)4/h12-13H,9-11H2,1-7H3/t12?,13-/m0/s1. The monoisotopic (exact) mass is 251 g/mol. The number of rotatable bonds is 1. The van der Waals surface area contributed by atoms with Crippen LogP contribution in [0.3, 0.4) is 0 Å². The van der Waals surface area contributed by atoms with E-state index in [0.29, 0.717) is 18.6 Å². The van der Waals surface area contributed by atoms with Crippen molar-refractivity contribution in [2.75, 3.05) is 19.6 Å². The van der Waals surface area contributed by atoms with E-state index in [1.807, 2.05) is 0 Å². The van der Waals surface area contributed by atoms with Crippen LogP contribution in [0, 0.1) is 6.57 Å². The zero-order valence-electron chi connectivity index (χ0n) is 13.1. The van der Waals surface area contributed by atoms with Gasteiger partial charge >= 0.3 is 0 Å². The van der Waals surface area contributed by atoms with E-state index in [1.165, 1.54) is 0 Å². The van der Waals surface area contributed by atoms with Crippen molar-refractivity contribution in [3.63, 3.8) is 0 Å². The first kappa shape index (κ1) is 15.5. The van der Waals surface area contributed by atoms with Crippen LogP contribution in [-0.2, 0) is 0 Å². The minimum Gasteiger partial charge on any atom is -0.315 e. The maximum atomic E-state index is 7.19. The molecule has 1 unspecified atom stereocenters. The molecule has 0 radical (unpaired) electrons. The summed E-state index contributed by atoms with van der Waals surface area (Å²) in [5.41, 5.74) is 0.331. The normalized spacial score (nSPS) is 28.1. The van der Waals surface area contributed by atoms with E-state index in [1.54, 1.807) is 0 Å². The molecule has 1 aliphatic heterocycles. The van der Waals surface area contributed by atoms with Gasteiger partial charge in [0.15, 0.2) is 0 Å². The first-order valence-electron chi connectivity index (χ1n) is 6.94. The number of hydrogen-bond acceptors (Lipinski definition) is 2. The number of hydrogen-bond donors (Lipinski definition) is 0. The molecule has 104 valence electrons. The van der Waals surface area contributed by atoms with Gasteiger partial charge in [-0.3, -0.25) is 9.80 Å². The van der Waals surface area contributed by atoms with Crippen molar-refractivity contribution in [1.82, 2.24) is 9.80 Å². The Labute approximate surface area is 113 Å². The van der Waals surface area contributed by atoms with Gasteiger partial charge in [0.25, 0.3) is 0 Å². The Hall–Kier alpha value is -0.590. The lowest BCUT2D eigenvalue weighted by Crippen LogP contribution is -2.66. The summed E-state index contributed by atoms with van der Waals surface area (Å²) in [5, 5.41) is 0. The second-order valence-electron chi connectivity index (χ2n) is 7.49. The number of piperazine rings is 1. The van der Waals surface area contributed by atoms with Crippen molar-refractivity contribution in [1.29, 1.82) is 0 Å². The van der Waals surface area contributed by atoms with Crippen LogP contribution in [-0.4, -0.2) is 52.6 Å². The average Bonchev–Trinajstić information content (AvgIpc) is 2.17. The lowest BCUT2D eigenvalue weighted by molar-refractivity contribution is -0.0478. The van der Waals surface area contributed by atoms with Crippen LogP contribution < -0.4 is 0 Å². The van der Waals surface area contributed by atoms with Gasteiger partial charge in [-0.15, -0.1) is 0 Å². The molecule has 0 aromatic rings. The van der Waals surface area contributed by atoms with E-state index in [2.05, 4.69) is 63.1 Å². The van der Waals surface area contributed by atoms with Gasteiger partial charge in [-0.05, 0) is 48.5 Å². The SMILES string of the molecule is [C-]#[N+]C[C@H]1CN(C(C)(C)C)C(C)CN1C(C)(C)C. The van der Waals surface area contributed by atoms with Gasteiger partial charge in [0, 0.05) is 30.2 Å². The summed E-state index contributed by atoms with van der Waals surface area (Å²) >= 11 is 0. The fourth-order valence-electron chi connectivity index (χ4n) is 3.06. The van der Waals surface area contributed by atoms with Crippen LogP contribution in [0.15, 0.2) is 0 Å². The van der Waals surface area contributed by atoms with E-state index in [-0.39, 0.29) is 11.1 Å². The largest absolute Gasteiger partial charge is 0.315 e. The quantitative estimate of drug-likeness (QED) is 0.664. The van der Waals surface area contributed by atoms with E-state index in [4.69, 9.17) is 6.57 Å². The van der Waals surface area contributed by atoms with E-state index < -0.39 is 0 Å². The van der Waals surface area contributed by atoms with Gasteiger partial charge in [0.1, 0.15) is 0 Å². The van der Waals surface area contributed by atoms with Crippen molar-refractivity contribution < 1.29 is 0 Å². The summed E-state index contributed by atoms with van der Waals surface area (Å²) in [6.07, 6.45) is 0. The molecule has 18 heavy (non-hydrogen) atoms. The molecule has 0 spiro atoms. The topological polar surface area (TPSA) is 10.8 Å². The molecule has 1 fully saturated rings. The Morgan fingerprint density at radius 2 is 1.50 bits per heavy atom. The van der Waals surface area contributed by atoms with Crippen molar-refractivity contribution in [2.45, 2.75) is 71.6 Å². The van der Waals surface area contributed by atoms with Crippen LogP contribution in [0.25, 0.3) is 4.85 Å². The summed E-state index contributed by atoms with van der Waals surface area (Å²) in [7, 11) is 0. The van der Waals surface area contributed by atoms with Crippen LogP contribution in [0.1, 0.15) is 48.5 Å². The van der Waals surface area contributed by atoms with Gasteiger partial charge in [-0.1, -0.05) is 0 Å². The van der Waals surface area contributed by atoms with Crippen LogP contribution in [0.4, 0.5) is 0 Å². The van der Waals surface area contributed by atoms with Crippen molar-refractivity contribution in [2.24, 2.45) is 0 Å². The molecule has 1 aliphatic rings. The molecular weight excluding hydrogens is 222 g/mol. The minimum absolute atomic E-state index is 0.146. The van der Waals surface area contributed by atoms with Gasteiger partial charge in [-0.25, -0.2) is 6.57 Å². The fraction of sp³-hybridized carbons (Fsp3) is 0.933. The molecule has 3 heteroatoms. The lowest BCUT2D eigenvalue weighted by Gasteiger charge is -2.53. The predicted octanol–water partition coefficient (Wildman–Crippen LogP) is 2.88. The van der Waals surface area contributed by atoms with E-state index in [9.17, 15) is 0 Å². The first-order chi connectivity index (χ1) is 8.07. The molecule has 0 aliphatic carbocycles. The van der Waals surface area contributed by atoms with Crippen molar-refractivity contribution in [3.05, 3.63) is 11.4 Å². The average molecular weight is 251 g/mol. The second kappa shape index (κ2) is 5.19. The molecule has 1 heterocycles. The molecule has 1 saturated heterocycles. The highest BCUT2D eigenvalue weighted by atomic mass is 15.4.